The van der Waals surface area contributed by atoms with Crippen LogP contribution in [0.25, 0.3) is 0 Å². The Hall–Kier alpha value is -4.34. The van der Waals surface area contributed by atoms with Gasteiger partial charge in [-0.25, -0.2) is 14.5 Å². The van der Waals surface area contributed by atoms with Crippen LogP contribution >= 0.6 is 23.2 Å². The van der Waals surface area contributed by atoms with Gasteiger partial charge in [0.1, 0.15) is 22.2 Å². The van der Waals surface area contributed by atoms with E-state index in [0.717, 1.165) is 4.90 Å². The lowest BCUT2D eigenvalue weighted by Crippen LogP contribution is -2.32. The fourth-order valence-corrected chi connectivity index (χ4v) is 3.76. The number of hydrogen-bond acceptors (Lipinski definition) is 8. The van der Waals surface area contributed by atoms with Crippen molar-refractivity contribution in [2.75, 3.05) is 10.2 Å². The van der Waals surface area contributed by atoms with E-state index in [0.29, 0.717) is 5.69 Å². The molecule has 0 aromatic heterocycles. The second kappa shape index (κ2) is 11.0. The Morgan fingerprint density at radius 2 is 1.47 bits per heavy atom. The highest BCUT2D eigenvalue weighted by Gasteiger charge is 2.39. The van der Waals surface area contributed by atoms with Gasteiger partial charge in [-0.15, -0.1) is 0 Å². The molecule has 0 radical (unpaired) electrons. The number of carbonyl (C=O) groups is 4. The smallest absolute Gasteiger partial charge is 0.343 e. The summed E-state index contributed by atoms with van der Waals surface area (Å²) in [6, 6.07) is 15.7. The van der Waals surface area contributed by atoms with Crippen LogP contribution in [0.15, 0.2) is 77.5 Å². The number of phenols is 1. The van der Waals surface area contributed by atoms with Crippen LogP contribution in [0.2, 0.25) is 5.02 Å². The monoisotopic (exact) mass is 554 g/mol. The van der Waals surface area contributed by atoms with E-state index in [1.165, 1.54) is 66.7 Å². The summed E-state index contributed by atoms with van der Waals surface area (Å²) in [5, 5.41) is 12.3. The number of benzene rings is 3. The fourth-order valence-electron chi connectivity index (χ4n) is 3.43. The van der Waals surface area contributed by atoms with Gasteiger partial charge in [0.2, 0.25) is 0 Å². The number of nitrogens with one attached hydrogen (secondary N) is 1. The van der Waals surface area contributed by atoms with E-state index < -0.39 is 23.8 Å². The van der Waals surface area contributed by atoms with Gasteiger partial charge in [-0.2, -0.15) is 0 Å². The largest absolute Gasteiger partial charge is 0.506 e. The molecule has 194 valence electrons. The molecule has 1 heterocycles. The highest BCUT2D eigenvalue weighted by Crippen LogP contribution is 2.31. The van der Waals surface area contributed by atoms with E-state index >= 15 is 0 Å². The van der Waals surface area contributed by atoms with Gasteiger partial charge >= 0.3 is 11.9 Å². The number of anilines is 2. The molecule has 0 saturated carbocycles. The molecule has 2 amide bonds. The summed E-state index contributed by atoms with van der Waals surface area (Å²) in [5.74, 6) is -2.75. The second-order valence-electron chi connectivity index (χ2n) is 8.34. The number of phenolic OH excluding ortho intramolecular Hbond substituents is 1. The Labute approximate surface area is 227 Å². The first-order chi connectivity index (χ1) is 18.0. The Kier molecular flexibility index (Phi) is 7.70. The van der Waals surface area contributed by atoms with Crippen LogP contribution in [0.4, 0.5) is 11.4 Å². The Morgan fingerprint density at radius 3 is 2.08 bits per heavy atom. The number of nitrogens with zero attached hydrogens (tertiary/aromatic N) is 1. The SMILES string of the molecule is CC(C)OC(=O)c1ccc(N2C(=O)C(Cl)=C(Nc3ccc(C(=O)Oc4ccc(Cl)c(O)c4)cc3)C2=O)cc1. The van der Waals surface area contributed by atoms with Gasteiger partial charge in [0.15, 0.2) is 0 Å². The maximum atomic E-state index is 13.0. The predicted molar refractivity (Wildman–Crippen MR) is 141 cm³/mol. The van der Waals surface area contributed by atoms with E-state index in [9.17, 15) is 24.3 Å². The molecule has 11 heteroatoms. The van der Waals surface area contributed by atoms with Crippen molar-refractivity contribution in [2.24, 2.45) is 0 Å². The van der Waals surface area contributed by atoms with Gasteiger partial charge in [0.25, 0.3) is 11.8 Å². The predicted octanol–water partition coefficient (Wildman–Crippen LogP) is 5.27. The summed E-state index contributed by atoms with van der Waals surface area (Å²) in [7, 11) is 0. The van der Waals surface area contributed by atoms with Crippen LogP contribution in [-0.4, -0.2) is 35.0 Å². The van der Waals surface area contributed by atoms with Crippen molar-refractivity contribution in [3.05, 3.63) is 93.6 Å². The molecule has 2 N–H and O–H groups in total. The average molecular weight is 555 g/mol. The van der Waals surface area contributed by atoms with Crippen molar-refractivity contribution < 1.29 is 33.8 Å². The molecule has 4 rings (SSSR count). The number of esters is 2. The van der Waals surface area contributed by atoms with Crippen molar-refractivity contribution in [2.45, 2.75) is 20.0 Å². The van der Waals surface area contributed by atoms with Gasteiger partial charge in [0, 0.05) is 11.8 Å². The van der Waals surface area contributed by atoms with Crippen LogP contribution < -0.4 is 15.0 Å². The topological polar surface area (TPSA) is 122 Å². The molecule has 1 aliphatic rings. The lowest BCUT2D eigenvalue weighted by atomic mass is 10.2. The van der Waals surface area contributed by atoms with Crippen LogP contribution in [-0.2, 0) is 14.3 Å². The number of hydrogen-bond donors (Lipinski definition) is 2. The molecule has 9 nitrogen and oxygen atoms in total. The van der Waals surface area contributed by atoms with Crippen LogP contribution in [0.3, 0.4) is 0 Å². The quantitative estimate of drug-likeness (QED) is 0.230. The summed E-state index contributed by atoms with van der Waals surface area (Å²) < 4.78 is 10.4. The minimum absolute atomic E-state index is 0.107. The van der Waals surface area contributed by atoms with Crippen molar-refractivity contribution in [3.63, 3.8) is 0 Å². The molecule has 38 heavy (non-hydrogen) atoms. The number of amides is 2. The highest BCUT2D eigenvalue weighted by molar-refractivity contribution is 6.53. The van der Waals surface area contributed by atoms with Crippen LogP contribution in [0, 0.1) is 0 Å². The average Bonchev–Trinajstić information content (AvgIpc) is 3.09. The van der Waals surface area contributed by atoms with Crippen LogP contribution in [0.1, 0.15) is 34.6 Å². The molecule has 0 bridgehead atoms. The van der Waals surface area contributed by atoms with Crippen molar-refractivity contribution >= 4 is 58.3 Å². The molecular weight excluding hydrogens is 535 g/mol. The maximum absolute atomic E-state index is 13.0. The Bertz CT molecular complexity index is 1470. The molecular formula is C27H20Cl2N2O7. The summed E-state index contributed by atoms with van der Waals surface area (Å²) in [5.41, 5.74) is 0.921. The molecule has 3 aromatic carbocycles. The van der Waals surface area contributed by atoms with Gasteiger partial charge in [-0.1, -0.05) is 23.2 Å². The molecule has 0 aliphatic carbocycles. The maximum Gasteiger partial charge on any atom is 0.343 e. The zero-order valence-corrected chi connectivity index (χ0v) is 21.5. The standard InChI is InChI=1S/C27H20Cl2N2O7/c1-14(2)37-26(35)16-5-9-18(10-6-16)31-24(33)22(29)23(25(31)34)30-17-7-3-15(4-8-17)27(36)38-19-11-12-20(28)21(32)13-19/h3-14,30,32H,1-2H3. The van der Waals surface area contributed by atoms with E-state index in [-0.39, 0.29) is 50.2 Å². The number of aromatic hydroxyl groups is 1. The van der Waals surface area contributed by atoms with Crippen molar-refractivity contribution in [1.82, 2.24) is 0 Å². The van der Waals surface area contributed by atoms with Gasteiger partial charge in [-0.3, -0.25) is 9.59 Å². The van der Waals surface area contributed by atoms with E-state index in [1.54, 1.807) is 13.8 Å². The van der Waals surface area contributed by atoms with Crippen LogP contribution in [0.5, 0.6) is 11.5 Å². The summed E-state index contributed by atoms with van der Waals surface area (Å²) in [4.78, 5) is 51.1. The fraction of sp³-hybridized carbons (Fsp3) is 0.111. The summed E-state index contributed by atoms with van der Waals surface area (Å²) in [6.45, 7) is 3.45. The third-order valence-corrected chi connectivity index (χ3v) is 5.92. The van der Waals surface area contributed by atoms with Crippen molar-refractivity contribution in [1.29, 1.82) is 0 Å². The first-order valence-electron chi connectivity index (χ1n) is 11.2. The van der Waals surface area contributed by atoms with Gasteiger partial charge in [-0.05, 0) is 74.5 Å². The summed E-state index contributed by atoms with van der Waals surface area (Å²) >= 11 is 11.9. The molecule has 0 fully saturated rings. The molecule has 3 aromatic rings. The Balaban J connectivity index is 1.44. The molecule has 0 spiro atoms. The zero-order chi connectivity index (χ0) is 27.6. The van der Waals surface area contributed by atoms with Crippen molar-refractivity contribution in [3.8, 4) is 11.5 Å². The lowest BCUT2D eigenvalue weighted by Gasteiger charge is -2.16. The van der Waals surface area contributed by atoms with E-state index in [4.69, 9.17) is 32.7 Å². The number of imide groups is 1. The summed E-state index contributed by atoms with van der Waals surface area (Å²) in [6.07, 6.45) is -0.293. The third-order valence-electron chi connectivity index (χ3n) is 5.25. The van der Waals surface area contributed by atoms with E-state index in [2.05, 4.69) is 5.32 Å². The number of carbonyl (C=O) groups excluding carboxylic acids is 4. The second-order valence-corrected chi connectivity index (χ2v) is 9.13. The molecule has 1 aliphatic heterocycles. The minimum atomic E-state index is -0.733. The molecule has 0 unspecified atom stereocenters. The minimum Gasteiger partial charge on any atom is -0.506 e. The third kappa shape index (κ3) is 5.64. The van der Waals surface area contributed by atoms with E-state index in [1.807, 2.05) is 0 Å². The number of halogens is 2. The zero-order valence-electron chi connectivity index (χ0n) is 20.0. The molecule has 0 atom stereocenters. The number of rotatable bonds is 7. The first kappa shape index (κ1) is 26.7. The first-order valence-corrected chi connectivity index (χ1v) is 12.0. The molecule has 0 saturated heterocycles. The van der Waals surface area contributed by atoms with Gasteiger partial charge in [0.05, 0.1) is 27.9 Å². The Morgan fingerprint density at radius 1 is 0.868 bits per heavy atom. The van der Waals surface area contributed by atoms with Gasteiger partial charge < -0.3 is 19.9 Å². The normalized spacial score (nSPS) is 13.2. The highest BCUT2D eigenvalue weighted by atomic mass is 35.5. The number of ether oxygens (including phenoxy) is 2. The lowest BCUT2D eigenvalue weighted by molar-refractivity contribution is -0.120.